The summed E-state index contributed by atoms with van der Waals surface area (Å²) in [5.74, 6) is 0.245. The molecule has 0 fully saturated rings. The molecule has 0 saturated carbocycles. The van der Waals surface area contributed by atoms with Gasteiger partial charge in [0.15, 0.2) is 0 Å². The second-order valence-corrected chi connectivity index (χ2v) is 4.52. The number of fused-ring (bicyclic) bond motifs is 1. The Morgan fingerprint density at radius 3 is 2.63 bits per heavy atom. The molecule has 0 spiro atoms. The zero-order valence-corrected chi connectivity index (χ0v) is 10.7. The van der Waals surface area contributed by atoms with Gasteiger partial charge in [-0.15, -0.1) is 0 Å². The van der Waals surface area contributed by atoms with Crippen LogP contribution in [-0.2, 0) is 0 Å². The normalized spacial score (nSPS) is 10.6. The molecule has 0 aliphatic heterocycles. The lowest BCUT2D eigenvalue weighted by Crippen LogP contribution is -1.96. The molecule has 3 aromatic rings. The standard InChI is InChI=1S/C15H10ClFN2/c16-11-5-3-4-10-8-9-14(19-15(10)11)18-13-7-2-1-6-12(13)17/h1-9H,(H,18,19). The summed E-state index contributed by atoms with van der Waals surface area (Å²) in [6.07, 6.45) is 0. The molecule has 0 radical (unpaired) electrons. The van der Waals surface area contributed by atoms with Gasteiger partial charge in [0.25, 0.3) is 0 Å². The Morgan fingerprint density at radius 1 is 0.947 bits per heavy atom. The first kappa shape index (κ1) is 11.9. The Hall–Kier alpha value is -2.13. The summed E-state index contributed by atoms with van der Waals surface area (Å²) in [4.78, 5) is 4.40. The van der Waals surface area contributed by atoms with Crippen LogP contribution in [0.2, 0.25) is 5.02 Å². The second kappa shape index (κ2) is 4.86. The Labute approximate surface area is 114 Å². The molecule has 1 heterocycles. The molecular formula is C15H10ClFN2. The lowest BCUT2D eigenvalue weighted by atomic mass is 10.2. The van der Waals surface area contributed by atoms with Gasteiger partial charge in [0, 0.05) is 5.39 Å². The first-order chi connectivity index (χ1) is 9.24. The molecule has 2 nitrogen and oxygen atoms in total. The van der Waals surface area contributed by atoms with Gasteiger partial charge >= 0.3 is 0 Å². The third kappa shape index (κ3) is 2.37. The fraction of sp³-hybridized carbons (Fsp3) is 0. The van der Waals surface area contributed by atoms with E-state index in [0.717, 1.165) is 5.39 Å². The van der Waals surface area contributed by atoms with Crippen LogP contribution in [0.3, 0.4) is 0 Å². The topological polar surface area (TPSA) is 24.9 Å². The van der Waals surface area contributed by atoms with Crippen LogP contribution in [0, 0.1) is 5.82 Å². The zero-order chi connectivity index (χ0) is 13.2. The van der Waals surface area contributed by atoms with E-state index >= 15 is 0 Å². The van der Waals surface area contributed by atoms with Gasteiger partial charge in [0.05, 0.1) is 16.2 Å². The van der Waals surface area contributed by atoms with Crippen molar-refractivity contribution in [3.8, 4) is 0 Å². The van der Waals surface area contributed by atoms with E-state index in [1.54, 1.807) is 30.3 Å². The molecule has 0 unspecified atom stereocenters. The van der Waals surface area contributed by atoms with E-state index in [1.807, 2.05) is 18.2 Å². The van der Waals surface area contributed by atoms with Gasteiger partial charge in [-0.2, -0.15) is 0 Å². The summed E-state index contributed by atoms with van der Waals surface area (Å²) in [5.41, 5.74) is 1.09. The maximum atomic E-state index is 13.6. The third-order valence-corrected chi connectivity index (χ3v) is 3.11. The van der Waals surface area contributed by atoms with Crippen molar-refractivity contribution < 1.29 is 4.39 Å². The molecule has 1 aromatic heterocycles. The maximum absolute atomic E-state index is 13.6. The van der Waals surface area contributed by atoms with Crippen molar-refractivity contribution in [1.29, 1.82) is 0 Å². The number of anilines is 2. The van der Waals surface area contributed by atoms with Crippen molar-refractivity contribution in [1.82, 2.24) is 4.98 Å². The van der Waals surface area contributed by atoms with Gasteiger partial charge in [-0.1, -0.05) is 35.9 Å². The van der Waals surface area contributed by atoms with Crippen LogP contribution >= 0.6 is 11.6 Å². The number of nitrogens with zero attached hydrogens (tertiary/aromatic N) is 1. The van der Waals surface area contributed by atoms with Gasteiger partial charge < -0.3 is 5.32 Å². The number of hydrogen-bond donors (Lipinski definition) is 1. The molecule has 94 valence electrons. The van der Waals surface area contributed by atoms with Crippen molar-refractivity contribution in [3.05, 3.63) is 65.4 Å². The molecule has 2 aromatic carbocycles. The summed E-state index contributed by atoms with van der Waals surface area (Å²) >= 11 is 6.10. The van der Waals surface area contributed by atoms with Crippen molar-refractivity contribution in [2.75, 3.05) is 5.32 Å². The van der Waals surface area contributed by atoms with Gasteiger partial charge in [0.1, 0.15) is 11.6 Å². The molecule has 0 aliphatic rings. The number of para-hydroxylation sites is 2. The molecule has 0 atom stereocenters. The van der Waals surface area contributed by atoms with Gasteiger partial charge in [0.2, 0.25) is 0 Å². The molecule has 0 saturated heterocycles. The minimum Gasteiger partial charge on any atom is -0.338 e. The number of hydrogen-bond acceptors (Lipinski definition) is 2. The smallest absolute Gasteiger partial charge is 0.146 e. The summed E-state index contributed by atoms with van der Waals surface area (Å²) in [5, 5.41) is 4.48. The first-order valence-electron chi connectivity index (χ1n) is 5.81. The third-order valence-electron chi connectivity index (χ3n) is 2.81. The average Bonchev–Trinajstić information content (AvgIpc) is 2.42. The summed E-state index contributed by atoms with van der Waals surface area (Å²) in [6.45, 7) is 0. The van der Waals surface area contributed by atoms with E-state index in [9.17, 15) is 4.39 Å². The average molecular weight is 273 g/mol. The van der Waals surface area contributed by atoms with E-state index in [1.165, 1.54) is 6.07 Å². The number of rotatable bonds is 2. The highest BCUT2D eigenvalue weighted by molar-refractivity contribution is 6.35. The van der Waals surface area contributed by atoms with E-state index in [0.29, 0.717) is 22.0 Å². The molecule has 19 heavy (non-hydrogen) atoms. The van der Waals surface area contributed by atoms with Gasteiger partial charge in [-0.05, 0) is 30.3 Å². The van der Waals surface area contributed by atoms with Crippen molar-refractivity contribution in [3.63, 3.8) is 0 Å². The Kier molecular flexibility index (Phi) is 3.05. The monoisotopic (exact) mass is 272 g/mol. The van der Waals surface area contributed by atoms with E-state index in [4.69, 9.17) is 11.6 Å². The maximum Gasteiger partial charge on any atom is 0.146 e. The van der Waals surface area contributed by atoms with Crippen LogP contribution in [0.1, 0.15) is 0 Å². The second-order valence-electron chi connectivity index (χ2n) is 4.11. The van der Waals surface area contributed by atoms with Crippen LogP contribution in [0.5, 0.6) is 0 Å². The van der Waals surface area contributed by atoms with Crippen LogP contribution in [-0.4, -0.2) is 4.98 Å². The fourth-order valence-corrected chi connectivity index (χ4v) is 2.11. The van der Waals surface area contributed by atoms with Crippen LogP contribution in [0.25, 0.3) is 10.9 Å². The summed E-state index contributed by atoms with van der Waals surface area (Å²) < 4.78 is 13.6. The van der Waals surface area contributed by atoms with E-state index in [2.05, 4.69) is 10.3 Å². The highest BCUT2D eigenvalue weighted by atomic mass is 35.5. The first-order valence-corrected chi connectivity index (χ1v) is 6.19. The lowest BCUT2D eigenvalue weighted by Gasteiger charge is -2.08. The van der Waals surface area contributed by atoms with Gasteiger partial charge in [-0.3, -0.25) is 0 Å². The fourth-order valence-electron chi connectivity index (χ4n) is 1.88. The lowest BCUT2D eigenvalue weighted by molar-refractivity contribution is 0.632. The quantitative estimate of drug-likeness (QED) is 0.727. The van der Waals surface area contributed by atoms with Crippen molar-refractivity contribution in [2.24, 2.45) is 0 Å². The Balaban J connectivity index is 2.02. The number of pyridine rings is 1. The minimum atomic E-state index is -0.316. The molecule has 3 rings (SSSR count). The van der Waals surface area contributed by atoms with Crippen molar-refractivity contribution >= 4 is 34.0 Å². The number of benzene rings is 2. The Bertz CT molecular complexity index is 743. The van der Waals surface area contributed by atoms with E-state index < -0.39 is 0 Å². The molecular weight excluding hydrogens is 263 g/mol. The molecule has 0 amide bonds. The van der Waals surface area contributed by atoms with Crippen molar-refractivity contribution in [2.45, 2.75) is 0 Å². The van der Waals surface area contributed by atoms with Crippen LogP contribution in [0.15, 0.2) is 54.6 Å². The molecule has 1 N–H and O–H groups in total. The molecule has 0 bridgehead atoms. The zero-order valence-electron chi connectivity index (χ0n) is 9.90. The predicted molar refractivity (Wildman–Crippen MR) is 76.4 cm³/mol. The minimum absolute atomic E-state index is 0.316. The van der Waals surface area contributed by atoms with Crippen LogP contribution < -0.4 is 5.32 Å². The highest BCUT2D eigenvalue weighted by Crippen LogP contribution is 2.25. The summed E-state index contributed by atoms with van der Waals surface area (Å²) in [7, 11) is 0. The number of nitrogens with one attached hydrogen (secondary N) is 1. The van der Waals surface area contributed by atoms with E-state index in [-0.39, 0.29) is 5.82 Å². The molecule has 4 heteroatoms. The number of aromatic nitrogens is 1. The predicted octanol–water partition coefficient (Wildman–Crippen LogP) is 4.77. The molecule has 0 aliphatic carbocycles. The highest BCUT2D eigenvalue weighted by Gasteiger charge is 2.04. The Morgan fingerprint density at radius 2 is 1.79 bits per heavy atom. The van der Waals surface area contributed by atoms with Crippen LogP contribution in [0.4, 0.5) is 15.9 Å². The summed E-state index contributed by atoms with van der Waals surface area (Å²) in [6, 6.07) is 15.7. The SMILES string of the molecule is Fc1ccccc1Nc1ccc2cccc(Cl)c2n1. The van der Waals surface area contributed by atoms with Gasteiger partial charge in [-0.25, -0.2) is 9.37 Å². The largest absolute Gasteiger partial charge is 0.338 e. The number of halogens is 2.